The number of morpholine rings is 1. The fourth-order valence-electron chi connectivity index (χ4n) is 3.26. The highest BCUT2D eigenvalue weighted by molar-refractivity contribution is 5.79. The zero-order chi connectivity index (χ0) is 19.2. The Morgan fingerprint density at radius 1 is 0.893 bits per heavy atom. The Balaban J connectivity index is 1.54. The molecule has 3 heterocycles. The van der Waals surface area contributed by atoms with Crippen molar-refractivity contribution in [2.45, 2.75) is 19.3 Å². The van der Waals surface area contributed by atoms with Crippen LogP contribution in [0.15, 0.2) is 29.4 Å². The zero-order valence-electron chi connectivity index (χ0n) is 15.7. The summed E-state index contributed by atoms with van der Waals surface area (Å²) in [5.74, 6) is 1.44. The van der Waals surface area contributed by atoms with Crippen LogP contribution in [0, 0.1) is 5.82 Å². The molecule has 0 saturated carbocycles. The van der Waals surface area contributed by atoms with Gasteiger partial charge in [-0.2, -0.15) is 20.1 Å². The van der Waals surface area contributed by atoms with Crippen molar-refractivity contribution in [2.75, 3.05) is 54.6 Å². The van der Waals surface area contributed by atoms with Gasteiger partial charge in [-0.15, -0.1) is 0 Å². The lowest BCUT2D eigenvalue weighted by molar-refractivity contribution is 0.122. The first-order valence-electron chi connectivity index (χ1n) is 9.66. The Morgan fingerprint density at radius 3 is 2.21 bits per heavy atom. The molecule has 2 aliphatic heterocycles. The van der Waals surface area contributed by atoms with Crippen LogP contribution < -0.4 is 15.2 Å². The fraction of sp³-hybridized carbons (Fsp3) is 0.474. The largest absolute Gasteiger partial charge is 0.378 e. The smallest absolute Gasteiger partial charge is 0.250 e. The van der Waals surface area contributed by atoms with E-state index in [1.807, 2.05) is 0 Å². The molecule has 0 spiro atoms. The zero-order valence-corrected chi connectivity index (χ0v) is 15.7. The summed E-state index contributed by atoms with van der Waals surface area (Å²) >= 11 is 0. The highest BCUT2D eigenvalue weighted by Gasteiger charge is 2.20. The number of rotatable bonds is 5. The van der Waals surface area contributed by atoms with Crippen molar-refractivity contribution in [3.63, 3.8) is 0 Å². The maximum absolute atomic E-state index is 13.0. The molecular weight excluding hydrogens is 361 g/mol. The van der Waals surface area contributed by atoms with Gasteiger partial charge in [0.05, 0.1) is 19.4 Å². The number of hydrogen-bond acceptors (Lipinski definition) is 8. The number of benzene rings is 1. The van der Waals surface area contributed by atoms with E-state index in [-0.39, 0.29) is 5.82 Å². The highest BCUT2D eigenvalue weighted by atomic mass is 19.1. The van der Waals surface area contributed by atoms with Gasteiger partial charge in [-0.1, -0.05) is 12.1 Å². The maximum Gasteiger partial charge on any atom is 0.250 e. The van der Waals surface area contributed by atoms with E-state index in [4.69, 9.17) is 9.72 Å². The number of nitrogens with zero attached hydrogens (tertiary/aromatic N) is 6. The molecule has 4 rings (SSSR count). The Kier molecular flexibility index (Phi) is 5.91. The van der Waals surface area contributed by atoms with Gasteiger partial charge in [-0.3, -0.25) is 0 Å². The summed E-state index contributed by atoms with van der Waals surface area (Å²) in [6, 6.07) is 6.11. The number of nitrogens with one attached hydrogen (secondary N) is 1. The lowest BCUT2D eigenvalue weighted by Gasteiger charge is -2.30. The first-order chi connectivity index (χ1) is 13.8. The molecule has 8 nitrogen and oxygen atoms in total. The standard InChI is InChI=1S/C19H24FN7O/c20-16-6-4-15(5-7-16)14-21-25-17-22-18(26-8-2-1-3-9-26)24-19(23-17)27-10-12-28-13-11-27/h4-7,14H,1-3,8-13H2,(H,22,23,24,25). The van der Waals surface area contributed by atoms with Gasteiger partial charge < -0.3 is 14.5 Å². The van der Waals surface area contributed by atoms with Gasteiger partial charge in [0.1, 0.15) is 5.82 Å². The van der Waals surface area contributed by atoms with Crippen LogP contribution in [0.1, 0.15) is 24.8 Å². The van der Waals surface area contributed by atoms with Crippen LogP contribution >= 0.6 is 0 Å². The van der Waals surface area contributed by atoms with Gasteiger partial charge in [0.2, 0.25) is 17.8 Å². The van der Waals surface area contributed by atoms with Crippen LogP contribution in [0.2, 0.25) is 0 Å². The van der Waals surface area contributed by atoms with Crippen molar-refractivity contribution in [1.82, 2.24) is 15.0 Å². The van der Waals surface area contributed by atoms with E-state index in [1.54, 1.807) is 18.3 Å². The summed E-state index contributed by atoms with van der Waals surface area (Å²) in [5.41, 5.74) is 3.68. The maximum atomic E-state index is 13.0. The summed E-state index contributed by atoms with van der Waals surface area (Å²) in [6.07, 6.45) is 5.14. The molecule has 0 radical (unpaired) electrons. The molecule has 0 bridgehead atoms. The van der Waals surface area contributed by atoms with Crippen molar-refractivity contribution >= 4 is 24.1 Å². The van der Waals surface area contributed by atoms with Crippen LogP contribution in [0.5, 0.6) is 0 Å². The van der Waals surface area contributed by atoms with Crippen LogP contribution in [0.4, 0.5) is 22.2 Å². The third-order valence-corrected chi connectivity index (χ3v) is 4.79. The third-order valence-electron chi connectivity index (χ3n) is 4.79. The second-order valence-electron chi connectivity index (χ2n) is 6.83. The average Bonchev–Trinajstić information content (AvgIpc) is 2.76. The summed E-state index contributed by atoms with van der Waals surface area (Å²) in [4.78, 5) is 18.1. The summed E-state index contributed by atoms with van der Waals surface area (Å²) in [7, 11) is 0. The molecule has 2 saturated heterocycles. The van der Waals surface area contributed by atoms with Crippen LogP contribution in [0.3, 0.4) is 0 Å². The molecule has 9 heteroatoms. The van der Waals surface area contributed by atoms with E-state index in [9.17, 15) is 4.39 Å². The predicted octanol–water partition coefficient (Wildman–Crippen LogP) is 2.28. The molecule has 0 amide bonds. The summed E-state index contributed by atoms with van der Waals surface area (Å²) in [6.45, 7) is 4.73. The van der Waals surface area contributed by atoms with Gasteiger partial charge in [0.25, 0.3) is 0 Å². The van der Waals surface area contributed by atoms with Crippen molar-refractivity contribution in [3.8, 4) is 0 Å². The number of halogens is 1. The number of hydrazone groups is 1. The minimum atomic E-state index is -0.274. The molecule has 28 heavy (non-hydrogen) atoms. The molecule has 148 valence electrons. The Bertz CT molecular complexity index is 766. The average molecular weight is 385 g/mol. The van der Waals surface area contributed by atoms with Crippen molar-refractivity contribution in [2.24, 2.45) is 5.10 Å². The number of piperidine rings is 1. The van der Waals surface area contributed by atoms with Gasteiger partial charge in [-0.25, -0.2) is 9.82 Å². The molecular formula is C19H24FN7O. The van der Waals surface area contributed by atoms with E-state index in [0.717, 1.165) is 44.6 Å². The Morgan fingerprint density at radius 2 is 1.54 bits per heavy atom. The highest BCUT2D eigenvalue weighted by Crippen LogP contribution is 2.21. The van der Waals surface area contributed by atoms with Gasteiger partial charge >= 0.3 is 0 Å². The second kappa shape index (κ2) is 8.92. The number of hydrogen-bond donors (Lipinski definition) is 1. The quantitative estimate of drug-likeness (QED) is 0.625. The topological polar surface area (TPSA) is 78.8 Å². The predicted molar refractivity (Wildman–Crippen MR) is 107 cm³/mol. The van der Waals surface area contributed by atoms with Crippen LogP contribution in [-0.2, 0) is 4.74 Å². The lowest BCUT2D eigenvalue weighted by Crippen LogP contribution is -2.38. The molecule has 0 atom stereocenters. The lowest BCUT2D eigenvalue weighted by atomic mass is 10.1. The minimum absolute atomic E-state index is 0.274. The van der Waals surface area contributed by atoms with E-state index in [1.165, 1.54) is 18.6 Å². The van der Waals surface area contributed by atoms with Crippen molar-refractivity contribution < 1.29 is 9.13 Å². The number of anilines is 3. The molecule has 2 aliphatic rings. The van der Waals surface area contributed by atoms with Gasteiger partial charge in [-0.05, 0) is 37.0 Å². The van der Waals surface area contributed by atoms with E-state index in [2.05, 4.69) is 30.3 Å². The van der Waals surface area contributed by atoms with Crippen LogP contribution in [-0.4, -0.2) is 60.6 Å². The molecule has 0 aliphatic carbocycles. The van der Waals surface area contributed by atoms with E-state index < -0.39 is 0 Å². The monoisotopic (exact) mass is 385 g/mol. The molecule has 2 aromatic rings. The summed E-state index contributed by atoms with van der Waals surface area (Å²) in [5, 5.41) is 4.20. The van der Waals surface area contributed by atoms with Crippen molar-refractivity contribution in [1.29, 1.82) is 0 Å². The van der Waals surface area contributed by atoms with E-state index >= 15 is 0 Å². The SMILES string of the molecule is Fc1ccc(C=NNc2nc(N3CCCCC3)nc(N3CCOCC3)n2)cc1. The first-order valence-corrected chi connectivity index (χ1v) is 9.66. The Labute approximate surface area is 163 Å². The van der Waals surface area contributed by atoms with Crippen LogP contribution in [0.25, 0.3) is 0 Å². The minimum Gasteiger partial charge on any atom is -0.378 e. The number of aromatic nitrogens is 3. The third kappa shape index (κ3) is 4.72. The molecule has 2 fully saturated rings. The number of ether oxygens (including phenoxy) is 1. The second-order valence-corrected chi connectivity index (χ2v) is 6.83. The molecule has 1 aromatic carbocycles. The fourth-order valence-corrected chi connectivity index (χ4v) is 3.26. The Hall–Kier alpha value is -2.81. The summed E-state index contributed by atoms with van der Waals surface area (Å²) < 4.78 is 18.4. The van der Waals surface area contributed by atoms with Gasteiger partial charge in [0.15, 0.2) is 0 Å². The van der Waals surface area contributed by atoms with Gasteiger partial charge in [0, 0.05) is 26.2 Å². The normalized spacial score (nSPS) is 17.9. The van der Waals surface area contributed by atoms with E-state index in [0.29, 0.717) is 31.1 Å². The molecule has 1 N–H and O–H groups in total. The molecule has 1 aromatic heterocycles. The first kappa shape index (κ1) is 18.5. The molecule has 0 unspecified atom stereocenters. The van der Waals surface area contributed by atoms with Crippen molar-refractivity contribution in [3.05, 3.63) is 35.6 Å².